The molecule has 1 saturated carbocycles. The van der Waals surface area contributed by atoms with Gasteiger partial charge in [-0.25, -0.2) is 4.79 Å². The van der Waals surface area contributed by atoms with Crippen LogP contribution in [0.2, 0.25) is 5.02 Å². The Kier molecular flexibility index (Phi) is 2.51. The third-order valence-electron chi connectivity index (χ3n) is 3.91. The van der Waals surface area contributed by atoms with Crippen molar-refractivity contribution in [2.24, 2.45) is 5.92 Å². The van der Waals surface area contributed by atoms with Gasteiger partial charge in [-0.15, -0.1) is 0 Å². The summed E-state index contributed by atoms with van der Waals surface area (Å²) in [4.78, 5) is 13.4. The van der Waals surface area contributed by atoms with Crippen LogP contribution in [-0.4, -0.2) is 23.7 Å². The van der Waals surface area contributed by atoms with E-state index in [1.807, 2.05) is 0 Å². The van der Waals surface area contributed by atoms with E-state index < -0.39 is 5.97 Å². The minimum atomic E-state index is -0.898. The molecule has 3 rings (SSSR count). The van der Waals surface area contributed by atoms with E-state index in [0.717, 1.165) is 18.9 Å². The molecule has 3 nitrogen and oxygen atoms in total. The highest BCUT2D eigenvalue weighted by Crippen LogP contribution is 2.43. The van der Waals surface area contributed by atoms with E-state index in [0.29, 0.717) is 22.3 Å². The van der Waals surface area contributed by atoms with Crippen molar-refractivity contribution >= 4 is 23.3 Å². The molecule has 1 aromatic carbocycles. The van der Waals surface area contributed by atoms with E-state index in [1.54, 1.807) is 18.2 Å². The summed E-state index contributed by atoms with van der Waals surface area (Å²) in [7, 11) is 0. The highest BCUT2D eigenvalue weighted by molar-refractivity contribution is 6.34. The molecule has 4 heteroatoms. The van der Waals surface area contributed by atoms with Gasteiger partial charge in [0.15, 0.2) is 0 Å². The van der Waals surface area contributed by atoms with Crippen molar-refractivity contribution in [3.05, 3.63) is 28.8 Å². The summed E-state index contributed by atoms with van der Waals surface area (Å²) in [5.41, 5.74) is 1.04. The van der Waals surface area contributed by atoms with Gasteiger partial charge >= 0.3 is 5.97 Å². The third kappa shape index (κ3) is 1.69. The zero-order valence-corrected chi connectivity index (χ0v) is 10.2. The number of fused-ring (bicyclic) bond motifs is 2. The monoisotopic (exact) mass is 251 g/mol. The Morgan fingerprint density at radius 3 is 2.82 bits per heavy atom. The van der Waals surface area contributed by atoms with E-state index in [-0.39, 0.29) is 0 Å². The van der Waals surface area contributed by atoms with Crippen molar-refractivity contribution in [2.45, 2.75) is 25.3 Å². The summed E-state index contributed by atoms with van der Waals surface area (Å²) in [5.74, 6) is -0.178. The fraction of sp³-hybridized carbons (Fsp3) is 0.462. The van der Waals surface area contributed by atoms with Gasteiger partial charge in [-0.2, -0.15) is 0 Å². The molecule has 1 aliphatic carbocycles. The van der Waals surface area contributed by atoms with Gasteiger partial charge in [0.25, 0.3) is 0 Å². The third-order valence-corrected chi connectivity index (χ3v) is 4.22. The van der Waals surface area contributed by atoms with Gasteiger partial charge < -0.3 is 10.0 Å². The van der Waals surface area contributed by atoms with Crippen LogP contribution in [0.15, 0.2) is 18.2 Å². The Balaban J connectivity index is 2.05. The quantitative estimate of drug-likeness (QED) is 0.878. The summed E-state index contributed by atoms with van der Waals surface area (Å²) in [6, 6.07) is 5.59. The first-order chi connectivity index (χ1) is 8.16. The van der Waals surface area contributed by atoms with Crippen molar-refractivity contribution in [3.8, 4) is 0 Å². The maximum Gasteiger partial charge on any atom is 0.337 e. The smallest absolute Gasteiger partial charge is 0.337 e. The molecule has 2 bridgehead atoms. The first kappa shape index (κ1) is 10.9. The number of carbonyl (C=O) groups is 1. The van der Waals surface area contributed by atoms with Crippen LogP contribution in [0.25, 0.3) is 0 Å². The second-order valence-electron chi connectivity index (χ2n) is 4.93. The average molecular weight is 252 g/mol. The molecule has 1 aromatic rings. The molecule has 17 heavy (non-hydrogen) atoms. The Bertz CT molecular complexity index is 474. The Morgan fingerprint density at radius 1 is 1.41 bits per heavy atom. The number of carboxylic acids is 1. The van der Waals surface area contributed by atoms with Crippen LogP contribution in [-0.2, 0) is 0 Å². The van der Waals surface area contributed by atoms with Crippen LogP contribution in [0.3, 0.4) is 0 Å². The number of benzene rings is 1. The molecule has 0 spiro atoms. The van der Waals surface area contributed by atoms with Crippen molar-refractivity contribution in [2.75, 3.05) is 11.4 Å². The lowest BCUT2D eigenvalue weighted by Crippen LogP contribution is -2.33. The molecule has 1 heterocycles. The van der Waals surface area contributed by atoms with Gasteiger partial charge in [0.05, 0.1) is 16.3 Å². The van der Waals surface area contributed by atoms with E-state index in [2.05, 4.69) is 4.90 Å². The molecule has 1 N–H and O–H groups in total. The summed E-state index contributed by atoms with van der Waals surface area (Å²) in [6.07, 6.45) is 3.62. The molecular weight excluding hydrogens is 238 g/mol. The Labute approximate surface area is 105 Å². The van der Waals surface area contributed by atoms with Crippen molar-refractivity contribution < 1.29 is 9.90 Å². The number of piperidine rings is 1. The van der Waals surface area contributed by atoms with Gasteiger partial charge in [-0.05, 0) is 37.3 Å². The minimum Gasteiger partial charge on any atom is -0.478 e. The van der Waals surface area contributed by atoms with Crippen LogP contribution in [0.1, 0.15) is 29.6 Å². The lowest BCUT2D eigenvalue weighted by molar-refractivity contribution is 0.0697. The Hall–Kier alpha value is -1.22. The predicted molar refractivity (Wildman–Crippen MR) is 66.9 cm³/mol. The highest BCUT2D eigenvalue weighted by Gasteiger charge is 2.39. The standard InChI is InChI=1S/C13H14ClNO2/c14-11-3-1-2-10(13(16)17)12(11)15-7-8-4-5-9(15)6-8/h1-3,8-9H,4-7H2,(H,16,17). The number of hydrogen-bond acceptors (Lipinski definition) is 2. The van der Waals surface area contributed by atoms with Crippen LogP contribution >= 0.6 is 11.6 Å². The molecule has 2 unspecified atom stereocenters. The van der Waals surface area contributed by atoms with Crippen molar-refractivity contribution in [1.82, 2.24) is 0 Å². The summed E-state index contributed by atoms with van der Waals surface area (Å²) < 4.78 is 0. The minimum absolute atomic E-state index is 0.324. The molecule has 1 aliphatic heterocycles. The zero-order valence-electron chi connectivity index (χ0n) is 9.40. The molecule has 2 atom stereocenters. The number of carboxylic acid groups (broad SMARTS) is 1. The summed E-state index contributed by atoms with van der Waals surface area (Å²) >= 11 is 6.19. The number of halogens is 1. The number of para-hydroxylation sites is 1. The van der Waals surface area contributed by atoms with Crippen LogP contribution < -0.4 is 4.90 Å². The lowest BCUT2D eigenvalue weighted by atomic mass is 10.1. The van der Waals surface area contributed by atoms with Crippen LogP contribution in [0, 0.1) is 5.92 Å². The number of nitrogens with zero attached hydrogens (tertiary/aromatic N) is 1. The summed E-state index contributed by atoms with van der Waals surface area (Å²) in [5, 5.41) is 9.79. The summed E-state index contributed by atoms with van der Waals surface area (Å²) in [6.45, 7) is 0.953. The largest absolute Gasteiger partial charge is 0.478 e. The van der Waals surface area contributed by atoms with Crippen LogP contribution in [0.5, 0.6) is 0 Å². The van der Waals surface area contributed by atoms with E-state index in [1.165, 1.54) is 12.8 Å². The molecular formula is C13H14ClNO2. The molecule has 1 saturated heterocycles. The predicted octanol–water partition coefficient (Wildman–Crippen LogP) is 3.03. The molecule has 90 valence electrons. The van der Waals surface area contributed by atoms with Gasteiger partial charge in [-0.1, -0.05) is 17.7 Å². The fourth-order valence-electron chi connectivity index (χ4n) is 3.18. The van der Waals surface area contributed by atoms with E-state index >= 15 is 0 Å². The topological polar surface area (TPSA) is 40.5 Å². The highest BCUT2D eigenvalue weighted by atomic mass is 35.5. The second-order valence-corrected chi connectivity index (χ2v) is 5.33. The lowest BCUT2D eigenvalue weighted by Gasteiger charge is -2.31. The number of anilines is 1. The normalized spacial score (nSPS) is 26.5. The maximum absolute atomic E-state index is 11.3. The molecule has 0 radical (unpaired) electrons. The van der Waals surface area contributed by atoms with Gasteiger partial charge in [0.1, 0.15) is 0 Å². The molecule has 2 aliphatic rings. The number of rotatable bonds is 2. The second kappa shape index (κ2) is 3.91. The fourth-order valence-corrected chi connectivity index (χ4v) is 3.46. The average Bonchev–Trinajstić information content (AvgIpc) is 2.90. The van der Waals surface area contributed by atoms with Gasteiger partial charge in [-0.3, -0.25) is 0 Å². The first-order valence-electron chi connectivity index (χ1n) is 5.95. The van der Waals surface area contributed by atoms with Crippen LogP contribution in [0.4, 0.5) is 5.69 Å². The van der Waals surface area contributed by atoms with Crippen molar-refractivity contribution in [1.29, 1.82) is 0 Å². The Morgan fingerprint density at radius 2 is 2.24 bits per heavy atom. The van der Waals surface area contributed by atoms with E-state index in [4.69, 9.17) is 11.6 Å². The molecule has 0 aromatic heterocycles. The molecule has 2 fully saturated rings. The molecule has 0 amide bonds. The zero-order chi connectivity index (χ0) is 12.0. The maximum atomic E-state index is 11.3. The SMILES string of the molecule is O=C(O)c1cccc(Cl)c1N1CC2CCC1C2. The number of hydrogen-bond donors (Lipinski definition) is 1. The van der Waals surface area contributed by atoms with Crippen molar-refractivity contribution in [3.63, 3.8) is 0 Å². The number of aromatic carboxylic acids is 1. The van der Waals surface area contributed by atoms with E-state index in [9.17, 15) is 9.90 Å². The first-order valence-corrected chi connectivity index (χ1v) is 6.33. The van der Waals surface area contributed by atoms with Gasteiger partial charge in [0.2, 0.25) is 0 Å². The van der Waals surface area contributed by atoms with Gasteiger partial charge in [0, 0.05) is 12.6 Å².